The Morgan fingerprint density at radius 1 is 1.19 bits per heavy atom. The average Bonchev–Trinajstić information content (AvgIpc) is 2.53. The molecule has 0 spiro atoms. The van der Waals surface area contributed by atoms with Crippen LogP contribution in [0.3, 0.4) is 0 Å². The zero-order chi connectivity index (χ0) is 14.8. The van der Waals surface area contributed by atoms with Gasteiger partial charge in [0, 0.05) is 30.5 Å². The van der Waals surface area contributed by atoms with Crippen molar-refractivity contribution in [1.82, 2.24) is 0 Å². The molecule has 3 rings (SSSR count). The van der Waals surface area contributed by atoms with Crippen LogP contribution in [0, 0.1) is 6.92 Å². The molecule has 0 aromatic heterocycles. The van der Waals surface area contributed by atoms with E-state index in [1.165, 1.54) is 11.1 Å². The van der Waals surface area contributed by atoms with E-state index >= 15 is 0 Å². The van der Waals surface area contributed by atoms with Gasteiger partial charge in [0.05, 0.1) is 0 Å². The van der Waals surface area contributed by atoms with Crippen LogP contribution in [-0.2, 0) is 6.42 Å². The maximum Gasteiger partial charge on any atom is 0.258 e. The molecule has 0 unspecified atom stereocenters. The molecule has 2 aromatic carbocycles. The zero-order valence-electron chi connectivity index (χ0n) is 12.5. The zero-order valence-corrected chi connectivity index (χ0v) is 12.5. The average molecular weight is 280 g/mol. The molecule has 1 amide bonds. The maximum atomic E-state index is 12.8. The van der Waals surface area contributed by atoms with Gasteiger partial charge in [0.1, 0.15) is 0 Å². The van der Waals surface area contributed by atoms with E-state index in [0.717, 1.165) is 36.3 Å². The monoisotopic (exact) mass is 280 g/mol. The maximum absolute atomic E-state index is 12.8. The van der Waals surface area contributed by atoms with Gasteiger partial charge in [-0.2, -0.15) is 0 Å². The Bertz CT molecular complexity index is 679. The molecular formula is C18H20N2O. The van der Waals surface area contributed by atoms with Crippen molar-refractivity contribution in [2.24, 2.45) is 0 Å². The van der Waals surface area contributed by atoms with Gasteiger partial charge >= 0.3 is 0 Å². The van der Waals surface area contributed by atoms with Crippen molar-refractivity contribution in [1.29, 1.82) is 0 Å². The van der Waals surface area contributed by atoms with Crippen molar-refractivity contribution < 1.29 is 4.79 Å². The summed E-state index contributed by atoms with van der Waals surface area (Å²) in [7, 11) is 1.86. The molecule has 0 bridgehead atoms. The van der Waals surface area contributed by atoms with Crippen LogP contribution in [0.2, 0.25) is 0 Å². The number of carbonyl (C=O) groups is 1. The molecule has 1 aliphatic heterocycles. The lowest BCUT2D eigenvalue weighted by atomic mass is 9.99. The van der Waals surface area contributed by atoms with E-state index in [1.54, 1.807) is 0 Å². The summed E-state index contributed by atoms with van der Waals surface area (Å²) >= 11 is 0. The van der Waals surface area contributed by atoms with Gasteiger partial charge in [0.15, 0.2) is 0 Å². The summed E-state index contributed by atoms with van der Waals surface area (Å²) in [6.45, 7) is 2.89. The number of fused-ring (bicyclic) bond motifs is 1. The normalized spacial score (nSPS) is 13.7. The predicted octanol–water partition coefficient (Wildman–Crippen LogP) is 3.63. The molecular weight excluding hydrogens is 260 g/mol. The molecule has 0 aliphatic carbocycles. The first-order chi connectivity index (χ1) is 10.2. The van der Waals surface area contributed by atoms with Crippen LogP contribution in [0.5, 0.6) is 0 Å². The summed E-state index contributed by atoms with van der Waals surface area (Å²) < 4.78 is 0. The van der Waals surface area contributed by atoms with Gasteiger partial charge in [-0.15, -0.1) is 0 Å². The smallest absolute Gasteiger partial charge is 0.258 e. The molecule has 3 heteroatoms. The fourth-order valence-electron chi connectivity index (χ4n) is 2.90. The Morgan fingerprint density at radius 3 is 2.86 bits per heavy atom. The van der Waals surface area contributed by atoms with Gasteiger partial charge in [-0.05, 0) is 49.6 Å². The van der Waals surface area contributed by atoms with E-state index in [4.69, 9.17) is 0 Å². The third kappa shape index (κ3) is 2.64. The second-order valence-electron chi connectivity index (χ2n) is 5.52. The highest BCUT2D eigenvalue weighted by molar-refractivity contribution is 6.07. The van der Waals surface area contributed by atoms with Crippen LogP contribution < -0.4 is 10.2 Å². The molecule has 1 heterocycles. The summed E-state index contributed by atoms with van der Waals surface area (Å²) in [6.07, 6.45) is 2.07. The van der Waals surface area contributed by atoms with Gasteiger partial charge in [-0.25, -0.2) is 0 Å². The van der Waals surface area contributed by atoms with Crippen LogP contribution >= 0.6 is 0 Å². The van der Waals surface area contributed by atoms with E-state index < -0.39 is 0 Å². The lowest BCUT2D eigenvalue weighted by Crippen LogP contribution is -2.35. The number of hydrogen-bond acceptors (Lipinski definition) is 2. The number of nitrogens with one attached hydrogen (secondary N) is 1. The molecule has 108 valence electrons. The minimum atomic E-state index is 0.0805. The highest BCUT2D eigenvalue weighted by atomic mass is 16.2. The van der Waals surface area contributed by atoms with E-state index in [1.807, 2.05) is 36.2 Å². The van der Waals surface area contributed by atoms with Crippen LogP contribution in [0.1, 0.15) is 27.9 Å². The molecule has 0 saturated carbocycles. The topological polar surface area (TPSA) is 32.3 Å². The molecule has 21 heavy (non-hydrogen) atoms. The standard InChI is InChI=1S/C18H20N2O/c1-13-8-9-17-14(11-13)6-4-10-20(17)18(21)15-5-3-7-16(12-15)19-2/h3,5,7-9,11-12,19H,4,6,10H2,1-2H3. The summed E-state index contributed by atoms with van der Waals surface area (Å²) in [5.41, 5.74) is 5.28. The van der Waals surface area contributed by atoms with Crippen LogP contribution in [0.25, 0.3) is 0 Å². The molecule has 0 atom stereocenters. The van der Waals surface area contributed by atoms with E-state index in [9.17, 15) is 4.79 Å². The highest BCUT2D eigenvalue weighted by Gasteiger charge is 2.23. The fraction of sp³-hybridized carbons (Fsp3) is 0.278. The van der Waals surface area contributed by atoms with Crippen molar-refractivity contribution >= 4 is 17.3 Å². The highest BCUT2D eigenvalue weighted by Crippen LogP contribution is 2.29. The number of benzene rings is 2. The van der Waals surface area contributed by atoms with E-state index in [0.29, 0.717) is 0 Å². The third-order valence-corrected chi connectivity index (χ3v) is 4.00. The van der Waals surface area contributed by atoms with Gasteiger partial charge in [0.2, 0.25) is 0 Å². The molecule has 0 saturated heterocycles. The molecule has 2 aromatic rings. The van der Waals surface area contributed by atoms with Crippen molar-refractivity contribution in [3.8, 4) is 0 Å². The molecule has 1 aliphatic rings. The molecule has 1 N–H and O–H groups in total. The van der Waals surface area contributed by atoms with Crippen molar-refractivity contribution in [3.05, 3.63) is 59.2 Å². The lowest BCUT2D eigenvalue weighted by molar-refractivity contribution is 0.0985. The third-order valence-electron chi connectivity index (χ3n) is 4.00. The second-order valence-corrected chi connectivity index (χ2v) is 5.52. The fourth-order valence-corrected chi connectivity index (χ4v) is 2.90. The van der Waals surface area contributed by atoms with Gasteiger partial charge < -0.3 is 10.2 Å². The minimum Gasteiger partial charge on any atom is -0.388 e. The van der Waals surface area contributed by atoms with Crippen LogP contribution in [0.15, 0.2) is 42.5 Å². The number of anilines is 2. The Hall–Kier alpha value is -2.29. The number of aryl methyl sites for hydroxylation is 2. The first-order valence-electron chi connectivity index (χ1n) is 7.38. The lowest BCUT2D eigenvalue weighted by Gasteiger charge is -2.30. The minimum absolute atomic E-state index is 0.0805. The van der Waals surface area contributed by atoms with Crippen LogP contribution in [0.4, 0.5) is 11.4 Å². The van der Waals surface area contributed by atoms with Crippen molar-refractivity contribution in [2.45, 2.75) is 19.8 Å². The molecule has 0 fully saturated rings. The first-order valence-corrected chi connectivity index (χ1v) is 7.38. The van der Waals surface area contributed by atoms with Gasteiger partial charge in [-0.3, -0.25) is 4.79 Å². The number of rotatable bonds is 2. The first kappa shape index (κ1) is 13.7. The Morgan fingerprint density at radius 2 is 2.05 bits per heavy atom. The summed E-state index contributed by atoms with van der Waals surface area (Å²) in [5.74, 6) is 0.0805. The molecule has 3 nitrogen and oxygen atoms in total. The number of carbonyl (C=O) groups excluding carboxylic acids is 1. The Balaban J connectivity index is 1.96. The molecule has 0 radical (unpaired) electrons. The summed E-state index contributed by atoms with van der Waals surface area (Å²) in [6, 6.07) is 14.0. The largest absolute Gasteiger partial charge is 0.388 e. The quantitative estimate of drug-likeness (QED) is 0.911. The van der Waals surface area contributed by atoms with Gasteiger partial charge in [-0.1, -0.05) is 23.8 Å². The Kier molecular flexibility index (Phi) is 3.65. The number of nitrogens with zero attached hydrogens (tertiary/aromatic N) is 1. The van der Waals surface area contributed by atoms with Crippen molar-refractivity contribution in [2.75, 3.05) is 23.8 Å². The SMILES string of the molecule is CNc1cccc(C(=O)N2CCCc3cc(C)ccc32)c1. The van der Waals surface area contributed by atoms with E-state index in [2.05, 4.69) is 30.4 Å². The van der Waals surface area contributed by atoms with Crippen molar-refractivity contribution in [3.63, 3.8) is 0 Å². The predicted molar refractivity (Wildman–Crippen MR) is 87.2 cm³/mol. The second kappa shape index (κ2) is 5.60. The van der Waals surface area contributed by atoms with Gasteiger partial charge in [0.25, 0.3) is 5.91 Å². The number of hydrogen-bond donors (Lipinski definition) is 1. The number of amides is 1. The Labute approximate surface area is 125 Å². The summed E-state index contributed by atoms with van der Waals surface area (Å²) in [5, 5.41) is 3.08. The van der Waals surface area contributed by atoms with E-state index in [-0.39, 0.29) is 5.91 Å². The van der Waals surface area contributed by atoms with Crippen LogP contribution in [-0.4, -0.2) is 19.5 Å². The summed E-state index contributed by atoms with van der Waals surface area (Å²) in [4.78, 5) is 14.7.